The van der Waals surface area contributed by atoms with Crippen molar-refractivity contribution in [3.05, 3.63) is 48.3 Å². The van der Waals surface area contributed by atoms with Gasteiger partial charge >= 0.3 is 0 Å². The number of carbonyl (C=O) groups excluding carboxylic acids is 1. The van der Waals surface area contributed by atoms with E-state index in [2.05, 4.69) is 19.4 Å². The Kier molecular flexibility index (Phi) is 4.06. The van der Waals surface area contributed by atoms with Crippen LogP contribution in [0, 0.1) is 5.92 Å². The number of hydrogen-bond acceptors (Lipinski definition) is 4. The van der Waals surface area contributed by atoms with Crippen LogP contribution in [0.3, 0.4) is 0 Å². The number of nitrogens with zero attached hydrogens (tertiary/aromatic N) is 5. The maximum atomic E-state index is 12.8. The van der Waals surface area contributed by atoms with E-state index < -0.39 is 0 Å². The summed E-state index contributed by atoms with van der Waals surface area (Å²) >= 11 is 0. The maximum Gasteiger partial charge on any atom is 0.255 e. The predicted molar refractivity (Wildman–Crippen MR) is 90.3 cm³/mol. The number of rotatable bonds is 3. The molecule has 0 aromatic carbocycles. The maximum absolute atomic E-state index is 12.8. The molecule has 0 N–H and O–H groups in total. The van der Waals surface area contributed by atoms with E-state index in [1.165, 1.54) is 6.42 Å². The molecule has 0 spiro atoms. The molecule has 3 aliphatic heterocycles. The molecule has 2 atom stereocenters. The van der Waals surface area contributed by atoms with Crippen LogP contribution < -0.4 is 0 Å². The number of hydrogen-bond donors (Lipinski definition) is 0. The Morgan fingerprint density at radius 3 is 2.92 bits per heavy atom. The summed E-state index contributed by atoms with van der Waals surface area (Å²) < 4.78 is 2.08. The van der Waals surface area contributed by atoms with Crippen LogP contribution in [0.1, 0.15) is 29.0 Å². The van der Waals surface area contributed by atoms with Crippen molar-refractivity contribution in [2.45, 2.75) is 25.4 Å². The average molecular weight is 325 g/mol. The Morgan fingerprint density at radius 1 is 1.25 bits per heavy atom. The van der Waals surface area contributed by atoms with Crippen molar-refractivity contribution >= 4 is 5.91 Å². The fourth-order valence-corrected chi connectivity index (χ4v) is 3.94. The number of piperidine rings is 1. The normalized spacial score (nSPS) is 24.1. The molecule has 0 radical (unpaired) electrons. The number of imidazole rings is 1. The highest BCUT2D eigenvalue weighted by molar-refractivity contribution is 5.93. The molecule has 0 aliphatic carbocycles. The van der Waals surface area contributed by atoms with Crippen molar-refractivity contribution in [1.82, 2.24) is 24.3 Å². The van der Waals surface area contributed by atoms with Crippen LogP contribution in [-0.4, -0.2) is 55.9 Å². The number of amides is 1. The molecular weight excluding hydrogens is 302 g/mol. The first-order valence-corrected chi connectivity index (χ1v) is 8.60. The first kappa shape index (κ1) is 15.3. The Morgan fingerprint density at radius 2 is 2.17 bits per heavy atom. The Hall–Kier alpha value is -2.21. The van der Waals surface area contributed by atoms with E-state index in [1.54, 1.807) is 12.4 Å². The van der Waals surface area contributed by atoms with Gasteiger partial charge in [-0.05, 0) is 30.9 Å². The van der Waals surface area contributed by atoms with Crippen LogP contribution in [0.25, 0.3) is 0 Å². The van der Waals surface area contributed by atoms with E-state index in [4.69, 9.17) is 0 Å². The number of carbonyl (C=O) groups is 1. The highest BCUT2D eigenvalue weighted by atomic mass is 16.2. The van der Waals surface area contributed by atoms with Gasteiger partial charge in [-0.15, -0.1) is 0 Å². The van der Waals surface area contributed by atoms with E-state index >= 15 is 0 Å². The largest absolute Gasteiger partial charge is 0.337 e. The van der Waals surface area contributed by atoms with E-state index in [0.717, 1.165) is 38.4 Å². The van der Waals surface area contributed by atoms with Crippen LogP contribution in [-0.2, 0) is 13.6 Å². The Labute approximate surface area is 142 Å². The summed E-state index contributed by atoms with van der Waals surface area (Å²) in [5, 5.41) is 0. The van der Waals surface area contributed by atoms with Crippen LogP contribution >= 0.6 is 0 Å². The first-order chi connectivity index (χ1) is 11.7. The fraction of sp³-hybridized carbons (Fsp3) is 0.500. The highest BCUT2D eigenvalue weighted by Gasteiger charge is 2.36. The molecular formula is C18H23N5O. The fourth-order valence-electron chi connectivity index (χ4n) is 3.94. The van der Waals surface area contributed by atoms with Crippen molar-refractivity contribution in [3.8, 4) is 0 Å². The van der Waals surface area contributed by atoms with Gasteiger partial charge in [-0.3, -0.25) is 14.7 Å². The SMILES string of the molecule is Cn1ccnc1CN1C[C@H]2CC[C@@H]1CN(C(=O)c1cccnc1)C2. The molecule has 0 saturated carbocycles. The standard InChI is InChI=1S/C18H23N5O/c1-21-8-7-20-17(21)13-22-10-14-4-5-16(22)12-23(11-14)18(24)15-3-2-6-19-9-15/h2-3,6-9,14,16H,4-5,10-13H2,1H3/t14-,16-/m1/s1. The van der Waals surface area contributed by atoms with Gasteiger partial charge in [-0.2, -0.15) is 0 Å². The minimum absolute atomic E-state index is 0.110. The molecule has 1 amide bonds. The molecule has 126 valence electrons. The smallest absolute Gasteiger partial charge is 0.255 e. The summed E-state index contributed by atoms with van der Waals surface area (Å²) in [6, 6.07) is 4.10. The van der Waals surface area contributed by atoms with Crippen LogP contribution in [0.5, 0.6) is 0 Å². The van der Waals surface area contributed by atoms with Crippen LogP contribution in [0.4, 0.5) is 0 Å². The van der Waals surface area contributed by atoms with Crippen LogP contribution in [0.2, 0.25) is 0 Å². The molecule has 5 heterocycles. The van der Waals surface area contributed by atoms with E-state index in [0.29, 0.717) is 17.5 Å². The molecule has 0 unspecified atom stereocenters. The second kappa shape index (κ2) is 6.36. The molecule has 6 nitrogen and oxygen atoms in total. The second-order valence-corrected chi connectivity index (χ2v) is 6.93. The van der Waals surface area contributed by atoms with Crippen molar-refractivity contribution < 1.29 is 4.79 Å². The Balaban J connectivity index is 1.50. The molecule has 6 heteroatoms. The lowest BCUT2D eigenvalue weighted by molar-refractivity contribution is 0.0734. The minimum atomic E-state index is 0.110. The third-order valence-corrected chi connectivity index (χ3v) is 5.29. The second-order valence-electron chi connectivity index (χ2n) is 6.93. The van der Waals surface area contributed by atoms with Crippen molar-refractivity contribution in [1.29, 1.82) is 0 Å². The summed E-state index contributed by atoms with van der Waals surface area (Å²) in [7, 11) is 2.04. The zero-order valence-corrected chi connectivity index (χ0v) is 14.0. The lowest BCUT2D eigenvalue weighted by atomic mass is 9.95. The quantitative estimate of drug-likeness (QED) is 0.859. The van der Waals surface area contributed by atoms with Crippen molar-refractivity contribution in [2.24, 2.45) is 13.0 Å². The van der Waals surface area contributed by atoms with E-state index in [9.17, 15) is 4.79 Å². The number of aryl methyl sites for hydroxylation is 1. The molecule has 2 aromatic rings. The molecule has 2 bridgehead atoms. The van der Waals surface area contributed by atoms with Crippen molar-refractivity contribution in [2.75, 3.05) is 19.6 Å². The van der Waals surface area contributed by atoms with Gasteiger partial charge in [0.2, 0.25) is 0 Å². The molecule has 3 aliphatic rings. The van der Waals surface area contributed by atoms with Gasteiger partial charge in [0.05, 0.1) is 12.1 Å². The monoisotopic (exact) mass is 325 g/mol. The third-order valence-electron chi connectivity index (χ3n) is 5.29. The average Bonchev–Trinajstić information content (AvgIpc) is 2.83. The van der Waals surface area contributed by atoms with E-state index in [-0.39, 0.29) is 5.91 Å². The first-order valence-electron chi connectivity index (χ1n) is 8.60. The van der Waals surface area contributed by atoms with Gasteiger partial charge in [0.15, 0.2) is 0 Å². The summed E-state index contributed by atoms with van der Waals surface area (Å²) in [5.41, 5.74) is 0.689. The molecule has 3 saturated heterocycles. The minimum Gasteiger partial charge on any atom is -0.337 e. The topological polar surface area (TPSA) is 54.3 Å². The third kappa shape index (κ3) is 2.94. The van der Waals surface area contributed by atoms with Crippen LogP contribution in [0.15, 0.2) is 36.9 Å². The zero-order valence-electron chi connectivity index (χ0n) is 14.0. The number of pyridine rings is 1. The van der Waals surface area contributed by atoms with Gasteiger partial charge in [-0.1, -0.05) is 0 Å². The van der Waals surface area contributed by atoms with E-state index in [1.807, 2.05) is 36.5 Å². The summed E-state index contributed by atoms with van der Waals surface area (Å²) in [6.07, 6.45) is 9.58. The van der Waals surface area contributed by atoms with Crippen molar-refractivity contribution in [3.63, 3.8) is 0 Å². The Bertz CT molecular complexity index is 713. The molecule has 5 rings (SSSR count). The lowest BCUT2D eigenvalue weighted by Crippen LogP contribution is -2.44. The zero-order chi connectivity index (χ0) is 16.5. The number of aromatic nitrogens is 3. The van der Waals surface area contributed by atoms with Gasteiger partial charge in [0.25, 0.3) is 5.91 Å². The lowest BCUT2D eigenvalue weighted by Gasteiger charge is -2.35. The van der Waals surface area contributed by atoms with Gasteiger partial charge in [-0.25, -0.2) is 4.98 Å². The van der Waals surface area contributed by atoms with Gasteiger partial charge in [0, 0.05) is 57.5 Å². The summed E-state index contributed by atoms with van der Waals surface area (Å²) in [6.45, 7) is 3.56. The van der Waals surface area contributed by atoms with Gasteiger partial charge < -0.3 is 9.47 Å². The summed E-state index contributed by atoms with van der Waals surface area (Å²) in [4.78, 5) is 25.9. The highest BCUT2D eigenvalue weighted by Crippen LogP contribution is 2.29. The predicted octanol–water partition coefficient (Wildman–Crippen LogP) is 1.55. The summed E-state index contributed by atoms with van der Waals surface area (Å²) in [5.74, 6) is 1.75. The molecule has 2 aromatic heterocycles. The molecule has 24 heavy (non-hydrogen) atoms. The molecule has 3 fully saturated rings. The van der Waals surface area contributed by atoms with Gasteiger partial charge in [0.1, 0.15) is 5.82 Å². The number of fused-ring (bicyclic) bond motifs is 4.